The molecule has 0 atom stereocenters. The summed E-state index contributed by atoms with van der Waals surface area (Å²) in [6.45, 7) is 1.20. The predicted octanol–water partition coefficient (Wildman–Crippen LogP) is 2.90. The fourth-order valence-electron chi connectivity index (χ4n) is 2.61. The average molecular weight is 246 g/mol. The summed E-state index contributed by atoms with van der Waals surface area (Å²) in [5.41, 5.74) is 2.08. The van der Waals surface area contributed by atoms with Crippen molar-refractivity contribution < 1.29 is 14.3 Å². The highest BCUT2D eigenvalue weighted by molar-refractivity contribution is 5.97. The highest BCUT2D eigenvalue weighted by Crippen LogP contribution is 2.38. The van der Waals surface area contributed by atoms with Crippen LogP contribution >= 0.6 is 0 Å². The molecule has 3 nitrogen and oxygen atoms in total. The van der Waals surface area contributed by atoms with E-state index in [0.717, 1.165) is 5.56 Å². The van der Waals surface area contributed by atoms with Crippen LogP contribution < -0.4 is 0 Å². The first kappa shape index (κ1) is 11.9. The fourth-order valence-corrected chi connectivity index (χ4v) is 2.61. The standard InChI is InChI=1S/C15H18O3/c16-14(10-15-17-8-9-18-15)13-7-2-1-6-12(13)11-4-3-5-11/h1-2,6-7,11,15H,3-5,8-10H2. The first-order valence-electron chi connectivity index (χ1n) is 6.70. The summed E-state index contributed by atoms with van der Waals surface area (Å²) in [5, 5.41) is 0. The lowest BCUT2D eigenvalue weighted by Gasteiger charge is -2.27. The summed E-state index contributed by atoms with van der Waals surface area (Å²) in [6, 6.07) is 7.98. The zero-order valence-corrected chi connectivity index (χ0v) is 10.4. The van der Waals surface area contributed by atoms with Crippen LogP contribution in [0.3, 0.4) is 0 Å². The summed E-state index contributed by atoms with van der Waals surface area (Å²) in [6.07, 6.45) is 3.69. The maximum Gasteiger partial charge on any atom is 0.168 e. The molecule has 1 saturated heterocycles. The van der Waals surface area contributed by atoms with E-state index in [1.807, 2.05) is 18.2 Å². The van der Waals surface area contributed by atoms with E-state index in [-0.39, 0.29) is 12.1 Å². The number of hydrogen-bond donors (Lipinski definition) is 0. The lowest BCUT2D eigenvalue weighted by Crippen LogP contribution is -2.18. The topological polar surface area (TPSA) is 35.5 Å². The molecule has 0 bridgehead atoms. The van der Waals surface area contributed by atoms with Gasteiger partial charge in [-0.15, -0.1) is 0 Å². The van der Waals surface area contributed by atoms with Crippen LogP contribution in [0.15, 0.2) is 24.3 Å². The number of ketones is 1. The van der Waals surface area contributed by atoms with E-state index < -0.39 is 0 Å². The molecular weight excluding hydrogens is 228 g/mol. The van der Waals surface area contributed by atoms with Crippen LogP contribution in [-0.4, -0.2) is 25.3 Å². The van der Waals surface area contributed by atoms with E-state index in [2.05, 4.69) is 6.07 Å². The monoisotopic (exact) mass is 246 g/mol. The van der Waals surface area contributed by atoms with Gasteiger partial charge in [-0.05, 0) is 24.3 Å². The van der Waals surface area contributed by atoms with Crippen molar-refractivity contribution in [1.82, 2.24) is 0 Å². The van der Waals surface area contributed by atoms with E-state index in [4.69, 9.17) is 9.47 Å². The number of carbonyl (C=O) groups excluding carboxylic acids is 1. The minimum atomic E-state index is -0.341. The van der Waals surface area contributed by atoms with Crippen LogP contribution in [-0.2, 0) is 9.47 Å². The predicted molar refractivity (Wildman–Crippen MR) is 67.7 cm³/mol. The maximum atomic E-state index is 12.3. The summed E-state index contributed by atoms with van der Waals surface area (Å²) in [4.78, 5) is 12.3. The van der Waals surface area contributed by atoms with Crippen LogP contribution in [0.25, 0.3) is 0 Å². The molecule has 1 aliphatic carbocycles. The van der Waals surface area contributed by atoms with Gasteiger partial charge in [-0.2, -0.15) is 0 Å². The van der Waals surface area contributed by atoms with Crippen LogP contribution in [0, 0.1) is 0 Å². The first-order chi connectivity index (χ1) is 8.84. The molecule has 0 aromatic heterocycles. The van der Waals surface area contributed by atoms with Crippen LogP contribution in [0.2, 0.25) is 0 Å². The van der Waals surface area contributed by atoms with Gasteiger partial charge < -0.3 is 9.47 Å². The smallest absolute Gasteiger partial charge is 0.168 e. The molecule has 0 N–H and O–H groups in total. The molecule has 96 valence electrons. The SMILES string of the molecule is O=C(CC1OCCO1)c1ccccc1C1CCC1. The molecule has 1 heterocycles. The highest BCUT2D eigenvalue weighted by Gasteiger charge is 2.26. The zero-order valence-electron chi connectivity index (χ0n) is 10.4. The quantitative estimate of drug-likeness (QED) is 0.766. The molecule has 0 spiro atoms. The van der Waals surface area contributed by atoms with Crippen LogP contribution in [0.4, 0.5) is 0 Å². The van der Waals surface area contributed by atoms with Gasteiger partial charge in [0.1, 0.15) is 0 Å². The lowest BCUT2D eigenvalue weighted by atomic mass is 9.77. The summed E-state index contributed by atoms with van der Waals surface area (Å²) in [5.74, 6) is 0.722. The van der Waals surface area contributed by atoms with Crippen molar-refractivity contribution >= 4 is 5.78 Å². The molecule has 1 aliphatic heterocycles. The maximum absolute atomic E-state index is 12.3. The van der Waals surface area contributed by atoms with Crippen LogP contribution in [0.1, 0.15) is 47.5 Å². The fraction of sp³-hybridized carbons (Fsp3) is 0.533. The Hall–Kier alpha value is -1.19. The van der Waals surface area contributed by atoms with Gasteiger partial charge in [0.15, 0.2) is 12.1 Å². The van der Waals surface area contributed by atoms with Crippen LogP contribution in [0.5, 0.6) is 0 Å². The third-order valence-corrected chi connectivity index (χ3v) is 3.85. The molecule has 1 aromatic rings. The van der Waals surface area contributed by atoms with Gasteiger partial charge in [0.25, 0.3) is 0 Å². The average Bonchev–Trinajstić information content (AvgIpc) is 2.80. The van der Waals surface area contributed by atoms with Gasteiger partial charge in [-0.3, -0.25) is 4.79 Å². The second kappa shape index (κ2) is 5.21. The molecule has 0 radical (unpaired) electrons. The van der Waals surface area contributed by atoms with Crippen molar-refractivity contribution in [3.63, 3.8) is 0 Å². The molecule has 2 aliphatic rings. The number of benzene rings is 1. The summed E-state index contributed by atoms with van der Waals surface area (Å²) >= 11 is 0. The lowest BCUT2D eigenvalue weighted by molar-refractivity contribution is -0.0407. The molecule has 18 heavy (non-hydrogen) atoms. The Morgan fingerprint density at radius 2 is 1.89 bits per heavy atom. The Balaban J connectivity index is 1.75. The minimum Gasteiger partial charge on any atom is -0.350 e. The normalized spacial score (nSPS) is 20.9. The third kappa shape index (κ3) is 2.33. The molecule has 3 rings (SSSR count). The van der Waals surface area contributed by atoms with E-state index in [1.54, 1.807) is 0 Å². The van der Waals surface area contributed by atoms with Crippen molar-refractivity contribution in [1.29, 1.82) is 0 Å². The zero-order chi connectivity index (χ0) is 12.4. The van der Waals surface area contributed by atoms with E-state index in [9.17, 15) is 4.79 Å². The number of hydrogen-bond acceptors (Lipinski definition) is 3. The number of ether oxygens (including phenoxy) is 2. The molecule has 3 heteroatoms. The van der Waals surface area contributed by atoms with Crippen molar-refractivity contribution in [3.8, 4) is 0 Å². The summed E-state index contributed by atoms with van der Waals surface area (Å²) < 4.78 is 10.7. The number of carbonyl (C=O) groups is 1. The Morgan fingerprint density at radius 1 is 1.17 bits per heavy atom. The second-order valence-corrected chi connectivity index (χ2v) is 5.01. The number of Topliss-reactive ketones (excluding diaryl/α,β-unsaturated/α-hetero) is 1. The molecule has 2 fully saturated rings. The van der Waals surface area contributed by atoms with E-state index in [0.29, 0.717) is 25.6 Å². The van der Waals surface area contributed by atoms with Gasteiger partial charge in [-0.25, -0.2) is 0 Å². The summed E-state index contributed by atoms with van der Waals surface area (Å²) in [7, 11) is 0. The minimum absolute atomic E-state index is 0.143. The van der Waals surface area contributed by atoms with Crippen molar-refractivity contribution in [2.24, 2.45) is 0 Å². The van der Waals surface area contributed by atoms with Crippen molar-refractivity contribution in [3.05, 3.63) is 35.4 Å². The Labute approximate surface area is 107 Å². The van der Waals surface area contributed by atoms with Gasteiger partial charge in [-0.1, -0.05) is 30.7 Å². The van der Waals surface area contributed by atoms with E-state index in [1.165, 1.54) is 24.8 Å². The highest BCUT2D eigenvalue weighted by atomic mass is 16.7. The van der Waals surface area contributed by atoms with Gasteiger partial charge >= 0.3 is 0 Å². The second-order valence-electron chi connectivity index (χ2n) is 5.01. The van der Waals surface area contributed by atoms with Gasteiger partial charge in [0.05, 0.1) is 19.6 Å². The molecule has 1 aromatic carbocycles. The Bertz CT molecular complexity index is 431. The van der Waals surface area contributed by atoms with Gasteiger partial charge in [0, 0.05) is 5.56 Å². The third-order valence-electron chi connectivity index (χ3n) is 3.85. The van der Waals surface area contributed by atoms with Gasteiger partial charge in [0.2, 0.25) is 0 Å². The largest absolute Gasteiger partial charge is 0.350 e. The Morgan fingerprint density at radius 3 is 2.56 bits per heavy atom. The van der Waals surface area contributed by atoms with E-state index >= 15 is 0 Å². The number of rotatable bonds is 4. The van der Waals surface area contributed by atoms with Crippen molar-refractivity contribution in [2.75, 3.05) is 13.2 Å². The first-order valence-corrected chi connectivity index (χ1v) is 6.70. The molecular formula is C15H18O3. The molecule has 0 amide bonds. The van der Waals surface area contributed by atoms with Crippen molar-refractivity contribution in [2.45, 2.75) is 37.9 Å². The Kier molecular flexibility index (Phi) is 3.43. The molecule has 0 unspecified atom stereocenters. The molecule has 1 saturated carbocycles.